The third-order valence-electron chi connectivity index (χ3n) is 3.01. The van der Waals surface area contributed by atoms with Gasteiger partial charge in [0.15, 0.2) is 0 Å². The van der Waals surface area contributed by atoms with Crippen molar-refractivity contribution in [3.63, 3.8) is 0 Å². The number of halogens is 1. The first-order valence-corrected chi connectivity index (χ1v) is 9.10. The van der Waals surface area contributed by atoms with E-state index in [9.17, 15) is 13.2 Å². The monoisotopic (exact) mass is 332 g/mol. The number of nitrogens with two attached hydrogens (primary N) is 1. The summed E-state index contributed by atoms with van der Waals surface area (Å²) in [5.74, 6) is -0.446. The van der Waals surface area contributed by atoms with Gasteiger partial charge >= 0.3 is 0 Å². The van der Waals surface area contributed by atoms with Crippen molar-refractivity contribution in [2.45, 2.75) is 31.8 Å². The first-order chi connectivity index (χ1) is 9.69. The topological polar surface area (TPSA) is 89.3 Å². The van der Waals surface area contributed by atoms with Gasteiger partial charge in [-0.3, -0.25) is 4.79 Å². The third kappa shape index (κ3) is 6.93. The number of hydrogen-bond acceptors (Lipinski definition) is 4. The summed E-state index contributed by atoms with van der Waals surface area (Å²) < 4.78 is 22.1. The van der Waals surface area contributed by atoms with Crippen LogP contribution in [0, 0.1) is 0 Å². The molecule has 0 aliphatic carbocycles. The number of benzene rings is 1. The Hall–Kier alpha value is -1.11. The number of carbonyl (C=O) groups excluding carboxylic acids is 1. The lowest BCUT2D eigenvalue weighted by atomic mass is 10.1. The minimum absolute atomic E-state index is 0.0967. The van der Waals surface area contributed by atoms with E-state index in [0.29, 0.717) is 11.4 Å². The average Bonchev–Trinajstić information content (AvgIpc) is 2.37. The van der Waals surface area contributed by atoms with Gasteiger partial charge in [-0.05, 0) is 31.4 Å². The Kier molecular flexibility index (Phi) is 6.64. The first kappa shape index (κ1) is 17.9. The minimum atomic E-state index is -3.11. The summed E-state index contributed by atoms with van der Waals surface area (Å²) in [5, 5.41) is 3.43. The van der Waals surface area contributed by atoms with E-state index in [1.165, 1.54) is 0 Å². The zero-order valence-corrected chi connectivity index (χ0v) is 13.7. The fourth-order valence-corrected chi connectivity index (χ4v) is 2.76. The van der Waals surface area contributed by atoms with Crippen molar-refractivity contribution in [3.05, 3.63) is 34.9 Å². The van der Waals surface area contributed by atoms with Crippen molar-refractivity contribution in [2.75, 3.05) is 12.0 Å². The van der Waals surface area contributed by atoms with Crippen LogP contribution in [0.25, 0.3) is 0 Å². The van der Waals surface area contributed by atoms with Crippen molar-refractivity contribution >= 4 is 27.3 Å². The molecule has 0 saturated heterocycles. The Morgan fingerprint density at radius 3 is 2.57 bits per heavy atom. The first-order valence-electron chi connectivity index (χ1n) is 6.66. The summed E-state index contributed by atoms with van der Waals surface area (Å²) in [4.78, 5) is 11.9. The fraction of sp³-hybridized carbons (Fsp3) is 0.500. The molecule has 118 valence electrons. The van der Waals surface area contributed by atoms with Crippen LogP contribution in [-0.2, 0) is 21.1 Å². The normalized spacial score (nSPS) is 14.5. The Bertz CT molecular complexity index is 590. The van der Waals surface area contributed by atoms with Gasteiger partial charge in [0, 0.05) is 17.3 Å². The number of rotatable bonds is 7. The maximum Gasteiger partial charge on any atom is 0.237 e. The van der Waals surface area contributed by atoms with Crippen molar-refractivity contribution in [2.24, 2.45) is 5.73 Å². The molecule has 0 spiro atoms. The second-order valence-corrected chi connectivity index (χ2v) is 7.90. The van der Waals surface area contributed by atoms with Crippen LogP contribution < -0.4 is 11.1 Å². The van der Waals surface area contributed by atoms with Crippen LogP contribution in [0.2, 0.25) is 5.02 Å². The fourth-order valence-electron chi connectivity index (χ4n) is 1.87. The summed E-state index contributed by atoms with van der Waals surface area (Å²) in [5.41, 5.74) is 6.63. The molecule has 0 bridgehead atoms. The summed E-state index contributed by atoms with van der Waals surface area (Å²) >= 11 is 6.06. The van der Waals surface area contributed by atoms with Crippen LogP contribution in [-0.4, -0.2) is 38.4 Å². The van der Waals surface area contributed by atoms with Gasteiger partial charge in [-0.15, -0.1) is 0 Å². The van der Waals surface area contributed by atoms with Gasteiger partial charge in [0.2, 0.25) is 5.91 Å². The molecule has 7 heteroatoms. The van der Waals surface area contributed by atoms with Crippen LogP contribution in [0.4, 0.5) is 0 Å². The van der Waals surface area contributed by atoms with Gasteiger partial charge < -0.3 is 11.1 Å². The zero-order valence-electron chi connectivity index (χ0n) is 12.2. The molecule has 0 aliphatic heterocycles. The lowest BCUT2D eigenvalue weighted by Gasteiger charge is -2.18. The molecule has 1 rings (SSSR count). The van der Waals surface area contributed by atoms with Crippen LogP contribution in [0.5, 0.6) is 0 Å². The summed E-state index contributed by atoms with van der Waals surface area (Å²) in [6.07, 6.45) is 1.82. The third-order valence-corrected chi connectivity index (χ3v) is 4.36. The lowest BCUT2D eigenvalue weighted by Crippen LogP contribution is -2.45. The van der Waals surface area contributed by atoms with E-state index < -0.39 is 15.9 Å². The minimum Gasteiger partial charge on any atom is -0.352 e. The zero-order chi connectivity index (χ0) is 16.0. The van der Waals surface area contributed by atoms with Crippen molar-refractivity contribution < 1.29 is 13.2 Å². The predicted octanol–water partition coefficient (Wildman–Crippen LogP) is 1.15. The largest absolute Gasteiger partial charge is 0.352 e. The van der Waals surface area contributed by atoms with Gasteiger partial charge in [0.25, 0.3) is 0 Å². The average molecular weight is 333 g/mol. The van der Waals surface area contributed by atoms with Crippen molar-refractivity contribution in [3.8, 4) is 0 Å². The standard InChI is InChI=1S/C14H21ClN2O3S/c1-10(9-11-5-3-4-6-12(11)15)17-14(18)13(16)7-8-21(2,19)20/h3-6,10,13H,7-9,16H2,1-2H3,(H,17,18). The van der Waals surface area contributed by atoms with E-state index in [2.05, 4.69) is 5.32 Å². The second kappa shape index (κ2) is 7.77. The van der Waals surface area contributed by atoms with E-state index >= 15 is 0 Å². The molecule has 1 aromatic rings. The molecule has 2 unspecified atom stereocenters. The van der Waals surface area contributed by atoms with Gasteiger partial charge in [-0.1, -0.05) is 29.8 Å². The molecule has 1 aromatic carbocycles. The van der Waals surface area contributed by atoms with E-state index in [0.717, 1.165) is 11.8 Å². The summed E-state index contributed by atoms with van der Waals surface area (Å²) in [6, 6.07) is 6.46. The molecule has 2 atom stereocenters. The number of nitrogens with one attached hydrogen (secondary N) is 1. The molecule has 0 aromatic heterocycles. The number of amides is 1. The van der Waals surface area contributed by atoms with Crippen LogP contribution in [0.1, 0.15) is 18.9 Å². The molecular formula is C14H21ClN2O3S. The van der Waals surface area contributed by atoms with Crippen LogP contribution >= 0.6 is 11.6 Å². The van der Waals surface area contributed by atoms with E-state index in [1.807, 2.05) is 25.1 Å². The highest BCUT2D eigenvalue weighted by molar-refractivity contribution is 7.90. The summed E-state index contributed by atoms with van der Waals surface area (Å²) in [7, 11) is -3.11. The molecule has 0 radical (unpaired) electrons. The van der Waals surface area contributed by atoms with Gasteiger partial charge in [0.05, 0.1) is 11.8 Å². The molecule has 0 saturated carbocycles. The van der Waals surface area contributed by atoms with E-state index in [4.69, 9.17) is 17.3 Å². The van der Waals surface area contributed by atoms with Gasteiger partial charge in [-0.2, -0.15) is 0 Å². The Balaban J connectivity index is 2.48. The van der Waals surface area contributed by atoms with Crippen LogP contribution in [0.15, 0.2) is 24.3 Å². The molecule has 5 nitrogen and oxygen atoms in total. The van der Waals surface area contributed by atoms with Crippen LogP contribution in [0.3, 0.4) is 0 Å². The molecule has 3 N–H and O–H groups in total. The number of hydrogen-bond donors (Lipinski definition) is 2. The molecule has 0 aliphatic rings. The molecule has 0 fully saturated rings. The smallest absolute Gasteiger partial charge is 0.237 e. The lowest BCUT2D eigenvalue weighted by molar-refractivity contribution is -0.122. The molecular weight excluding hydrogens is 312 g/mol. The van der Waals surface area contributed by atoms with Gasteiger partial charge in [-0.25, -0.2) is 8.42 Å². The van der Waals surface area contributed by atoms with E-state index in [1.54, 1.807) is 6.07 Å². The molecule has 21 heavy (non-hydrogen) atoms. The van der Waals surface area contributed by atoms with Gasteiger partial charge in [0.1, 0.15) is 9.84 Å². The maximum atomic E-state index is 11.9. The highest BCUT2D eigenvalue weighted by Gasteiger charge is 2.18. The number of carbonyl (C=O) groups is 1. The Labute approximate surface area is 130 Å². The highest BCUT2D eigenvalue weighted by atomic mass is 35.5. The maximum absolute atomic E-state index is 11.9. The quantitative estimate of drug-likeness (QED) is 0.783. The Morgan fingerprint density at radius 1 is 1.38 bits per heavy atom. The predicted molar refractivity (Wildman–Crippen MR) is 85.1 cm³/mol. The number of sulfone groups is 1. The molecule has 1 amide bonds. The van der Waals surface area contributed by atoms with Crippen molar-refractivity contribution in [1.82, 2.24) is 5.32 Å². The summed E-state index contributed by atoms with van der Waals surface area (Å²) in [6.45, 7) is 1.85. The van der Waals surface area contributed by atoms with E-state index in [-0.39, 0.29) is 24.1 Å². The SMILES string of the molecule is CC(Cc1ccccc1Cl)NC(=O)C(N)CCS(C)(=O)=O. The Morgan fingerprint density at radius 2 is 2.00 bits per heavy atom. The molecule has 0 heterocycles. The highest BCUT2D eigenvalue weighted by Crippen LogP contribution is 2.16. The second-order valence-electron chi connectivity index (χ2n) is 5.23. The van der Waals surface area contributed by atoms with Crippen molar-refractivity contribution in [1.29, 1.82) is 0 Å².